The highest BCUT2D eigenvalue weighted by atomic mass is 16.6. The number of aromatic nitrogens is 4. The molecule has 0 radical (unpaired) electrons. The van der Waals surface area contributed by atoms with Gasteiger partial charge >= 0.3 is 0 Å². The Morgan fingerprint density at radius 3 is 2.72 bits per heavy atom. The number of hydroxylamine groups is 1. The van der Waals surface area contributed by atoms with Gasteiger partial charge in [-0.2, -0.15) is 20.5 Å². The van der Waals surface area contributed by atoms with E-state index in [1.54, 1.807) is 6.07 Å². The second-order valence-electron chi connectivity index (χ2n) is 7.79. The van der Waals surface area contributed by atoms with Crippen LogP contribution in [-0.4, -0.2) is 64.4 Å². The fourth-order valence-corrected chi connectivity index (χ4v) is 3.07. The Morgan fingerprint density at radius 2 is 2.00 bits per heavy atom. The second-order valence-corrected chi connectivity index (χ2v) is 7.79. The number of aromatic amines is 1. The molecule has 2 aromatic rings. The summed E-state index contributed by atoms with van der Waals surface area (Å²) in [5.74, 6) is 3.39. The van der Waals surface area contributed by atoms with Gasteiger partial charge in [-0.15, -0.1) is 0 Å². The quantitative estimate of drug-likeness (QED) is 0.176. The highest BCUT2D eigenvalue weighted by Crippen LogP contribution is 2.39. The number of nitrogens with zero attached hydrogens (tertiary/aromatic N) is 4. The Labute approximate surface area is 190 Å². The number of hydrogen-bond donors (Lipinski definition) is 4. The number of likely N-dealkylation sites (N-methyl/N-ethyl adjacent to an activating group) is 1. The lowest BCUT2D eigenvalue weighted by Gasteiger charge is -2.18. The smallest absolute Gasteiger partial charge is 0.228 e. The van der Waals surface area contributed by atoms with E-state index in [1.807, 2.05) is 6.07 Å². The van der Waals surface area contributed by atoms with E-state index in [1.165, 1.54) is 12.8 Å². The second kappa shape index (κ2) is 12.3. The molecular formula is C22H36N8O2. The van der Waals surface area contributed by atoms with Gasteiger partial charge in [0.2, 0.25) is 11.8 Å². The maximum absolute atomic E-state index is 5.93. The van der Waals surface area contributed by atoms with Crippen LogP contribution in [0.2, 0.25) is 0 Å². The largest absolute Gasteiger partial charge is 0.476 e. The van der Waals surface area contributed by atoms with Crippen molar-refractivity contribution < 1.29 is 9.57 Å². The van der Waals surface area contributed by atoms with Crippen LogP contribution in [0.25, 0.3) is 0 Å². The summed E-state index contributed by atoms with van der Waals surface area (Å²) >= 11 is 0. The molecule has 0 aliphatic heterocycles. The molecular weight excluding hydrogens is 408 g/mol. The van der Waals surface area contributed by atoms with Crippen molar-refractivity contribution in [2.45, 2.75) is 46.0 Å². The average molecular weight is 445 g/mol. The van der Waals surface area contributed by atoms with E-state index in [-0.39, 0.29) is 0 Å². The first-order valence-electron chi connectivity index (χ1n) is 11.5. The first-order valence-corrected chi connectivity index (χ1v) is 11.5. The summed E-state index contributed by atoms with van der Waals surface area (Å²) < 4.78 is 5.93. The van der Waals surface area contributed by atoms with Gasteiger partial charge in [-0.3, -0.25) is 5.10 Å². The molecule has 1 aliphatic rings. The van der Waals surface area contributed by atoms with Crippen LogP contribution in [0.4, 0.5) is 17.6 Å². The Balaban J connectivity index is 1.64. The third-order valence-electron chi connectivity index (χ3n) is 5.14. The molecule has 2 aromatic heterocycles. The molecule has 1 saturated carbocycles. The van der Waals surface area contributed by atoms with Gasteiger partial charge in [-0.25, -0.2) is 0 Å². The fourth-order valence-electron chi connectivity index (χ4n) is 3.07. The average Bonchev–Trinajstić information content (AvgIpc) is 3.54. The molecule has 0 spiro atoms. The number of anilines is 3. The van der Waals surface area contributed by atoms with Gasteiger partial charge in [0.1, 0.15) is 18.2 Å². The Bertz CT molecular complexity index is 848. The minimum Gasteiger partial charge on any atom is -0.476 e. The zero-order chi connectivity index (χ0) is 22.8. The Hall–Kier alpha value is -2.85. The van der Waals surface area contributed by atoms with E-state index in [9.17, 15) is 0 Å². The van der Waals surface area contributed by atoms with Crippen LogP contribution in [0.15, 0.2) is 24.5 Å². The van der Waals surface area contributed by atoms with Crippen LogP contribution in [0, 0.1) is 0 Å². The lowest BCUT2D eigenvalue weighted by atomic mass is 10.3. The van der Waals surface area contributed by atoms with Crippen LogP contribution >= 0.6 is 0 Å². The zero-order valence-corrected chi connectivity index (χ0v) is 19.4. The highest BCUT2D eigenvalue weighted by Gasteiger charge is 2.25. The lowest BCUT2D eigenvalue weighted by molar-refractivity contribution is 0.106. The third kappa shape index (κ3) is 7.69. The summed E-state index contributed by atoms with van der Waals surface area (Å²) in [4.78, 5) is 16.7. The van der Waals surface area contributed by atoms with Gasteiger partial charge < -0.3 is 25.1 Å². The third-order valence-corrected chi connectivity index (χ3v) is 5.14. The molecule has 3 rings (SSSR count). The molecule has 32 heavy (non-hydrogen) atoms. The normalized spacial score (nSPS) is 13.2. The number of ether oxygens (including phenoxy) is 1. The van der Waals surface area contributed by atoms with Gasteiger partial charge in [0.25, 0.3) is 0 Å². The number of nitrogens with one attached hydrogen (secondary N) is 4. The van der Waals surface area contributed by atoms with Gasteiger partial charge in [0.05, 0.1) is 6.54 Å². The Morgan fingerprint density at radius 1 is 1.19 bits per heavy atom. The predicted octanol–water partition coefficient (Wildman–Crippen LogP) is 3.40. The maximum atomic E-state index is 5.93. The van der Waals surface area contributed by atoms with Crippen molar-refractivity contribution >= 4 is 17.6 Å². The minimum atomic E-state index is 0.368. The molecule has 0 amide bonds. The molecule has 0 unspecified atom stereocenters. The lowest BCUT2D eigenvalue weighted by Crippen LogP contribution is -2.28. The molecule has 2 heterocycles. The molecule has 1 fully saturated rings. The van der Waals surface area contributed by atoms with Crippen molar-refractivity contribution in [2.75, 3.05) is 50.0 Å². The monoisotopic (exact) mass is 444 g/mol. The van der Waals surface area contributed by atoms with Crippen molar-refractivity contribution in [1.82, 2.24) is 30.5 Å². The van der Waals surface area contributed by atoms with Crippen LogP contribution in [0.3, 0.4) is 0 Å². The summed E-state index contributed by atoms with van der Waals surface area (Å²) in [5.41, 5.74) is 4.01. The van der Waals surface area contributed by atoms with Crippen molar-refractivity contribution in [3.8, 4) is 5.88 Å². The van der Waals surface area contributed by atoms with Crippen LogP contribution < -0.4 is 20.9 Å². The zero-order valence-electron chi connectivity index (χ0n) is 19.4. The fraction of sp³-hybridized carbons (Fsp3) is 0.591. The number of rotatable bonds is 16. The highest BCUT2D eigenvalue weighted by molar-refractivity contribution is 5.55. The minimum absolute atomic E-state index is 0.368. The van der Waals surface area contributed by atoms with E-state index in [0.29, 0.717) is 42.5 Å². The standard InChI is InChI=1S/C22H36N8O2/c1-5-10-24-32-16(4)15-23-22-26-19(25-20-13-18(28-29-20)17-8-9-17)14-21(27-22)31-12-11-30(6-2)7-3/h13-14,17,24H,4-12,15H2,1-3H3,(H3,23,25,26,27,28,29). The van der Waals surface area contributed by atoms with Gasteiger partial charge in [-0.1, -0.05) is 27.4 Å². The summed E-state index contributed by atoms with van der Waals surface area (Å²) in [6.07, 6.45) is 3.40. The van der Waals surface area contributed by atoms with Gasteiger partial charge in [-0.05, 0) is 32.4 Å². The molecule has 0 bridgehead atoms. The van der Waals surface area contributed by atoms with E-state index in [2.05, 4.69) is 68.5 Å². The first-order chi connectivity index (χ1) is 15.6. The van der Waals surface area contributed by atoms with Gasteiger partial charge in [0.15, 0.2) is 5.82 Å². The van der Waals surface area contributed by atoms with E-state index >= 15 is 0 Å². The van der Waals surface area contributed by atoms with Crippen molar-refractivity contribution in [3.63, 3.8) is 0 Å². The molecule has 0 atom stereocenters. The molecule has 1 aliphatic carbocycles. The summed E-state index contributed by atoms with van der Waals surface area (Å²) in [7, 11) is 0. The molecule has 0 aromatic carbocycles. The van der Waals surface area contributed by atoms with Crippen molar-refractivity contribution in [3.05, 3.63) is 30.2 Å². The van der Waals surface area contributed by atoms with Crippen LogP contribution in [0.1, 0.15) is 51.6 Å². The van der Waals surface area contributed by atoms with Crippen LogP contribution in [-0.2, 0) is 4.84 Å². The molecule has 10 nitrogen and oxygen atoms in total. The number of H-pyrrole nitrogens is 1. The van der Waals surface area contributed by atoms with E-state index in [4.69, 9.17) is 9.57 Å². The topological polar surface area (TPSA) is 112 Å². The Kier molecular flexibility index (Phi) is 9.12. The molecule has 4 N–H and O–H groups in total. The van der Waals surface area contributed by atoms with Gasteiger partial charge in [0, 0.05) is 36.8 Å². The predicted molar refractivity (Wildman–Crippen MR) is 126 cm³/mol. The van der Waals surface area contributed by atoms with Crippen LogP contribution in [0.5, 0.6) is 5.88 Å². The van der Waals surface area contributed by atoms with E-state index in [0.717, 1.165) is 44.1 Å². The molecule has 0 saturated heterocycles. The SMILES string of the molecule is C=C(CNc1nc(Nc2cc(C3CC3)[nH]n2)cc(OCCN(CC)CC)n1)ONCCC. The molecule has 10 heteroatoms. The molecule has 176 valence electrons. The van der Waals surface area contributed by atoms with Crippen molar-refractivity contribution in [1.29, 1.82) is 0 Å². The summed E-state index contributed by atoms with van der Waals surface area (Å²) in [5, 5.41) is 13.8. The van der Waals surface area contributed by atoms with Crippen molar-refractivity contribution in [2.24, 2.45) is 0 Å². The first kappa shape index (κ1) is 23.8. The van der Waals surface area contributed by atoms with E-state index < -0.39 is 0 Å². The maximum Gasteiger partial charge on any atom is 0.228 e. The number of hydrogen-bond acceptors (Lipinski definition) is 9. The summed E-state index contributed by atoms with van der Waals surface area (Å²) in [6, 6.07) is 3.82. The summed E-state index contributed by atoms with van der Waals surface area (Å²) in [6.45, 7) is 14.7.